The first kappa shape index (κ1) is 17.5. The van der Waals surface area contributed by atoms with Crippen LogP contribution in [0.15, 0.2) is 35.5 Å². The predicted molar refractivity (Wildman–Crippen MR) is 96.1 cm³/mol. The average molecular weight is 332 g/mol. The van der Waals surface area contributed by atoms with Gasteiger partial charge in [-0.15, -0.1) is 0 Å². The molecule has 0 radical (unpaired) electrons. The van der Waals surface area contributed by atoms with Crippen molar-refractivity contribution in [2.24, 2.45) is 0 Å². The van der Waals surface area contributed by atoms with Crippen LogP contribution < -0.4 is 10.6 Å². The maximum atomic E-state index is 12.5. The first-order valence-electron chi connectivity index (χ1n) is 7.88. The van der Waals surface area contributed by atoms with Crippen molar-refractivity contribution >= 4 is 23.3 Å². The van der Waals surface area contributed by atoms with Crippen LogP contribution in [0.1, 0.15) is 57.7 Å². The minimum Gasteiger partial charge on any atom is -0.459 e. The molecule has 124 valence electrons. The SMILES string of the molecule is CC1=C(C(=O)OC(C)C)[C@H](c2ccc(C(C)C)cc2)NC(=S)N1. The quantitative estimate of drug-likeness (QED) is 0.652. The van der Waals surface area contributed by atoms with E-state index in [0.29, 0.717) is 16.6 Å². The Morgan fingerprint density at radius 2 is 1.78 bits per heavy atom. The maximum absolute atomic E-state index is 12.5. The molecule has 1 aliphatic heterocycles. The maximum Gasteiger partial charge on any atom is 0.338 e. The Labute approximate surface area is 143 Å². The van der Waals surface area contributed by atoms with Crippen molar-refractivity contribution in [1.82, 2.24) is 10.6 Å². The highest BCUT2D eigenvalue weighted by Gasteiger charge is 2.31. The second kappa shape index (κ2) is 7.13. The molecular formula is C18H24N2O2S. The molecule has 2 N–H and O–H groups in total. The number of thiocarbonyl (C=S) groups is 1. The Bertz CT molecular complexity index is 633. The van der Waals surface area contributed by atoms with Crippen molar-refractivity contribution in [1.29, 1.82) is 0 Å². The fourth-order valence-corrected chi connectivity index (χ4v) is 2.84. The average Bonchev–Trinajstić information content (AvgIpc) is 2.45. The van der Waals surface area contributed by atoms with Crippen LogP contribution >= 0.6 is 12.2 Å². The number of hydrogen-bond donors (Lipinski definition) is 2. The van der Waals surface area contributed by atoms with Gasteiger partial charge in [0, 0.05) is 5.70 Å². The van der Waals surface area contributed by atoms with E-state index in [-0.39, 0.29) is 18.1 Å². The zero-order chi connectivity index (χ0) is 17.1. The molecule has 1 aliphatic rings. The molecule has 0 aliphatic carbocycles. The van der Waals surface area contributed by atoms with Gasteiger partial charge in [0.15, 0.2) is 5.11 Å². The number of ether oxygens (including phenoxy) is 1. The van der Waals surface area contributed by atoms with Crippen LogP contribution in [0.3, 0.4) is 0 Å². The number of carbonyl (C=O) groups excluding carboxylic acids is 1. The fourth-order valence-electron chi connectivity index (χ4n) is 2.57. The predicted octanol–water partition coefficient (Wildman–Crippen LogP) is 3.55. The lowest BCUT2D eigenvalue weighted by molar-refractivity contribution is -0.143. The molecule has 5 heteroatoms. The first-order chi connectivity index (χ1) is 10.8. The van der Waals surface area contributed by atoms with E-state index in [4.69, 9.17) is 17.0 Å². The Balaban J connectivity index is 2.38. The van der Waals surface area contributed by atoms with Gasteiger partial charge in [-0.05, 0) is 50.0 Å². The molecule has 1 atom stereocenters. The summed E-state index contributed by atoms with van der Waals surface area (Å²) in [5.74, 6) is 0.145. The van der Waals surface area contributed by atoms with Crippen LogP contribution in [-0.4, -0.2) is 17.2 Å². The summed E-state index contributed by atoms with van der Waals surface area (Å²) < 4.78 is 5.39. The molecule has 0 saturated heterocycles. The van der Waals surface area contributed by atoms with Gasteiger partial charge in [0.1, 0.15) is 0 Å². The highest BCUT2D eigenvalue weighted by Crippen LogP contribution is 2.29. The van der Waals surface area contributed by atoms with Gasteiger partial charge in [0.2, 0.25) is 0 Å². The molecule has 0 aromatic heterocycles. The lowest BCUT2D eigenvalue weighted by Crippen LogP contribution is -2.45. The minimum atomic E-state index is -0.321. The van der Waals surface area contributed by atoms with E-state index in [1.54, 1.807) is 0 Å². The first-order valence-corrected chi connectivity index (χ1v) is 8.29. The number of esters is 1. The number of benzene rings is 1. The standard InChI is InChI=1S/C18H24N2O2S/c1-10(2)13-6-8-14(9-7-13)16-15(17(21)22-11(3)4)12(5)19-18(23)20-16/h6-11,16H,1-5H3,(H2,19,20,23)/t16-/m0/s1. The van der Waals surface area contributed by atoms with Crippen LogP contribution in [0.4, 0.5) is 0 Å². The number of carbonyl (C=O) groups is 1. The van der Waals surface area contributed by atoms with Crippen LogP contribution in [0.2, 0.25) is 0 Å². The van der Waals surface area contributed by atoms with Gasteiger partial charge >= 0.3 is 5.97 Å². The van der Waals surface area contributed by atoms with Gasteiger partial charge in [-0.2, -0.15) is 0 Å². The van der Waals surface area contributed by atoms with E-state index in [1.165, 1.54) is 5.56 Å². The third kappa shape index (κ3) is 4.10. The van der Waals surface area contributed by atoms with E-state index < -0.39 is 0 Å². The van der Waals surface area contributed by atoms with Gasteiger partial charge in [-0.25, -0.2) is 4.79 Å². The number of rotatable bonds is 4. The largest absolute Gasteiger partial charge is 0.459 e. The zero-order valence-corrected chi connectivity index (χ0v) is 15.1. The topological polar surface area (TPSA) is 50.4 Å². The van der Waals surface area contributed by atoms with E-state index in [0.717, 1.165) is 11.3 Å². The van der Waals surface area contributed by atoms with Crippen LogP contribution in [0.5, 0.6) is 0 Å². The summed E-state index contributed by atoms with van der Waals surface area (Å²) in [5.41, 5.74) is 3.56. The van der Waals surface area contributed by atoms with E-state index in [2.05, 4.69) is 36.6 Å². The highest BCUT2D eigenvalue weighted by molar-refractivity contribution is 7.80. The van der Waals surface area contributed by atoms with Gasteiger partial charge in [-0.3, -0.25) is 0 Å². The monoisotopic (exact) mass is 332 g/mol. The van der Waals surface area contributed by atoms with Gasteiger partial charge < -0.3 is 15.4 Å². The molecular weight excluding hydrogens is 308 g/mol. The Morgan fingerprint density at radius 3 is 2.30 bits per heavy atom. The minimum absolute atomic E-state index is 0.166. The summed E-state index contributed by atoms with van der Waals surface area (Å²) in [6, 6.07) is 7.96. The molecule has 4 nitrogen and oxygen atoms in total. The molecule has 0 fully saturated rings. The molecule has 1 aromatic rings. The summed E-state index contributed by atoms with van der Waals surface area (Å²) in [7, 11) is 0. The molecule has 0 bridgehead atoms. The summed E-state index contributed by atoms with van der Waals surface area (Å²) in [4.78, 5) is 12.5. The summed E-state index contributed by atoms with van der Waals surface area (Å²) in [5, 5.41) is 6.70. The van der Waals surface area contributed by atoms with Gasteiger partial charge in [0.05, 0.1) is 17.7 Å². The molecule has 0 amide bonds. The molecule has 2 rings (SSSR count). The lowest BCUT2D eigenvalue weighted by atomic mass is 9.93. The van der Waals surface area contributed by atoms with Crippen LogP contribution in [0.25, 0.3) is 0 Å². The van der Waals surface area contributed by atoms with Crippen molar-refractivity contribution < 1.29 is 9.53 Å². The second-order valence-corrected chi connectivity index (χ2v) is 6.75. The Hall–Kier alpha value is -1.88. The number of hydrogen-bond acceptors (Lipinski definition) is 3. The summed E-state index contributed by atoms with van der Waals surface area (Å²) in [6.07, 6.45) is -0.166. The van der Waals surface area contributed by atoms with Crippen molar-refractivity contribution in [3.63, 3.8) is 0 Å². The van der Waals surface area contributed by atoms with Crippen molar-refractivity contribution in [2.75, 3.05) is 0 Å². The molecule has 1 heterocycles. The smallest absolute Gasteiger partial charge is 0.338 e. The molecule has 0 unspecified atom stereocenters. The zero-order valence-electron chi connectivity index (χ0n) is 14.3. The van der Waals surface area contributed by atoms with E-state index >= 15 is 0 Å². The van der Waals surface area contributed by atoms with Gasteiger partial charge in [-0.1, -0.05) is 38.1 Å². The third-order valence-electron chi connectivity index (χ3n) is 3.77. The summed E-state index contributed by atoms with van der Waals surface area (Å²) in [6.45, 7) is 9.84. The van der Waals surface area contributed by atoms with Crippen molar-refractivity contribution in [2.45, 2.75) is 52.7 Å². The number of allylic oxidation sites excluding steroid dienone is 1. The van der Waals surface area contributed by atoms with Gasteiger partial charge in [0.25, 0.3) is 0 Å². The molecule has 1 aromatic carbocycles. The fraction of sp³-hybridized carbons (Fsp3) is 0.444. The van der Waals surface area contributed by atoms with Crippen LogP contribution in [-0.2, 0) is 9.53 Å². The lowest BCUT2D eigenvalue weighted by Gasteiger charge is -2.30. The Kier molecular flexibility index (Phi) is 5.42. The molecule has 0 spiro atoms. The second-order valence-electron chi connectivity index (χ2n) is 6.35. The Morgan fingerprint density at radius 1 is 1.17 bits per heavy atom. The molecule has 23 heavy (non-hydrogen) atoms. The van der Waals surface area contributed by atoms with E-state index in [9.17, 15) is 4.79 Å². The normalized spacial score (nSPS) is 18.0. The third-order valence-corrected chi connectivity index (χ3v) is 3.99. The van der Waals surface area contributed by atoms with Crippen LogP contribution in [0, 0.1) is 0 Å². The van der Waals surface area contributed by atoms with E-state index in [1.807, 2.05) is 32.9 Å². The van der Waals surface area contributed by atoms with Crippen molar-refractivity contribution in [3.8, 4) is 0 Å². The highest BCUT2D eigenvalue weighted by atomic mass is 32.1. The van der Waals surface area contributed by atoms with Crippen molar-refractivity contribution in [3.05, 3.63) is 46.7 Å². The summed E-state index contributed by atoms with van der Waals surface area (Å²) >= 11 is 5.25. The number of nitrogens with one attached hydrogen (secondary N) is 2. The molecule has 0 saturated carbocycles.